The number of carboxylic acids is 2. The van der Waals surface area contributed by atoms with Crippen molar-refractivity contribution < 1.29 is 52.0 Å². The Morgan fingerprint density at radius 3 is 1.38 bits per heavy atom. The Morgan fingerprint density at radius 2 is 1.19 bits per heavy atom. The Hall–Kier alpha value is -1.79. The van der Waals surface area contributed by atoms with E-state index >= 15 is 0 Å². The molecule has 0 unspecified atom stereocenters. The standard InChI is InChI=1S/C8H6O6.Ni.H2O/c9-5-1-3(7(11)12)6(10)2-4(5)8(13)14;;/h1-2,9-10H,(H,11,12)(H,13,14);;1H2/q;+2;/p-2. The van der Waals surface area contributed by atoms with Crippen LogP contribution >= 0.6 is 0 Å². The number of benzene rings is 1. The minimum absolute atomic E-state index is 0. The average Bonchev–Trinajstić information content (AvgIpc) is 2.07. The Labute approximate surface area is 99.2 Å². The molecule has 0 aliphatic rings. The van der Waals surface area contributed by atoms with Crippen LogP contribution in [-0.2, 0) is 16.5 Å². The maximum Gasteiger partial charge on any atom is 2.00 e. The SMILES string of the molecule is O.O=C([O-])c1cc(O)c(C(=O)[O-])cc1O.[Ni+2]. The number of hydrogen-bond donors (Lipinski definition) is 2. The summed E-state index contributed by atoms with van der Waals surface area (Å²) in [5, 5.41) is 38.6. The van der Waals surface area contributed by atoms with E-state index in [1.165, 1.54) is 0 Å². The van der Waals surface area contributed by atoms with Gasteiger partial charge in [-0.2, -0.15) is 0 Å². The van der Waals surface area contributed by atoms with Gasteiger partial charge < -0.3 is 35.5 Å². The van der Waals surface area contributed by atoms with Crippen LogP contribution in [-0.4, -0.2) is 27.6 Å². The molecule has 4 N–H and O–H groups in total. The zero-order chi connectivity index (χ0) is 10.9. The van der Waals surface area contributed by atoms with Crippen molar-refractivity contribution in [2.45, 2.75) is 0 Å². The number of rotatable bonds is 2. The number of carboxylic acid groups (broad SMARTS) is 2. The molecule has 7 nitrogen and oxygen atoms in total. The van der Waals surface area contributed by atoms with Gasteiger partial charge in [-0.05, 0) is 12.1 Å². The minimum Gasteiger partial charge on any atom is -0.545 e. The van der Waals surface area contributed by atoms with Gasteiger partial charge in [0.2, 0.25) is 0 Å². The minimum atomic E-state index is -1.72. The second-order valence-corrected chi connectivity index (χ2v) is 2.46. The van der Waals surface area contributed by atoms with E-state index in [1.54, 1.807) is 0 Å². The molecule has 16 heavy (non-hydrogen) atoms. The van der Waals surface area contributed by atoms with E-state index in [0.717, 1.165) is 0 Å². The number of carbonyl (C=O) groups is 2. The van der Waals surface area contributed by atoms with Crippen molar-refractivity contribution in [1.82, 2.24) is 0 Å². The van der Waals surface area contributed by atoms with E-state index in [1.807, 2.05) is 0 Å². The normalized spacial score (nSPS) is 8.50. The molecule has 1 aromatic carbocycles. The first-order valence-corrected chi connectivity index (χ1v) is 3.42. The van der Waals surface area contributed by atoms with Crippen LogP contribution in [0.4, 0.5) is 0 Å². The van der Waals surface area contributed by atoms with Crippen LogP contribution in [0.3, 0.4) is 0 Å². The molecule has 1 rings (SSSR count). The van der Waals surface area contributed by atoms with Crippen LogP contribution in [0.25, 0.3) is 0 Å². The van der Waals surface area contributed by atoms with Gasteiger partial charge in [0.1, 0.15) is 11.5 Å². The van der Waals surface area contributed by atoms with Crippen LogP contribution in [0, 0.1) is 0 Å². The molecule has 0 saturated carbocycles. The van der Waals surface area contributed by atoms with Crippen molar-refractivity contribution in [2.75, 3.05) is 0 Å². The molecule has 1 aromatic rings. The molecule has 0 atom stereocenters. The summed E-state index contributed by atoms with van der Waals surface area (Å²) < 4.78 is 0. The second kappa shape index (κ2) is 5.94. The fourth-order valence-corrected chi connectivity index (χ4v) is 0.904. The summed E-state index contributed by atoms with van der Waals surface area (Å²) in [5.74, 6) is -5.05. The monoisotopic (exact) mass is 272 g/mol. The summed E-state index contributed by atoms with van der Waals surface area (Å²) in [7, 11) is 0. The van der Waals surface area contributed by atoms with E-state index in [0.29, 0.717) is 12.1 Å². The van der Waals surface area contributed by atoms with E-state index in [-0.39, 0.29) is 22.0 Å². The van der Waals surface area contributed by atoms with Gasteiger partial charge in [-0.3, -0.25) is 0 Å². The zero-order valence-electron chi connectivity index (χ0n) is 7.50. The summed E-state index contributed by atoms with van der Waals surface area (Å²) in [6, 6.07) is 1.16. The van der Waals surface area contributed by atoms with Gasteiger partial charge in [0.25, 0.3) is 0 Å². The summed E-state index contributed by atoms with van der Waals surface area (Å²) in [6.07, 6.45) is 0. The first-order chi connectivity index (χ1) is 6.43. The topological polar surface area (TPSA) is 152 Å². The van der Waals surface area contributed by atoms with Crippen molar-refractivity contribution in [3.05, 3.63) is 23.3 Å². The fraction of sp³-hybridized carbons (Fsp3) is 0. The predicted octanol–water partition coefficient (Wildman–Crippen LogP) is -3.00. The van der Waals surface area contributed by atoms with E-state index in [2.05, 4.69) is 0 Å². The third kappa shape index (κ3) is 3.11. The van der Waals surface area contributed by atoms with Crippen molar-refractivity contribution in [3.63, 3.8) is 0 Å². The third-order valence-corrected chi connectivity index (χ3v) is 1.55. The van der Waals surface area contributed by atoms with Crippen LogP contribution in [0.15, 0.2) is 12.1 Å². The summed E-state index contributed by atoms with van der Waals surface area (Å²) in [6.45, 7) is 0. The third-order valence-electron chi connectivity index (χ3n) is 1.55. The Kier molecular flexibility index (Phi) is 6.18. The largest absolute Gasteiger partial charge is 2.00 e. The van der Waals surface area contributed by atoms with Crippen molar-refractivity contribution >= 4 is 11.9 Å². The number of aromatic carboxylic acids is 2. The van der Waals surface area contributed by atoms with Crippen LogP contribution in [0.1, 0.15) is 20.7 Å². The van der Waals surface area contributed by atoms with Gasteiger partial charge >= 0.3 is 16.5 Å². The van der Waals surface area contributed by atoms with Crippen LogP contribution < -0.4 is 10.2 Å². The second-order valence-electron chi connectivity index (χ2n) is 2.46. The predicted molar refractivity (Wildman–Crippen MR) is 42.0 cm³/mol. The molecule has 0 radical (unpaired) electrons. The molecule has 0 heterocycles. The molecule has 0 bridgehead atoms. The molecule has 0 spiro atoms. The van der Waals surface area contributed by atoms with E-state index < -0.39 is 34.6 Å². The van der Waals surface area contributed by atoms with Gasteiger partial charge in [-0.15, -0.1) is 0 Å². The maximum atomic E-state index is 10.3. The van der Waals surface area contributed by atoms with Crippen molar-refractivity contribution in [3.8, 4) is 11.5 Å². The van der Waals surface area contributed by atoms with Crippen LogP contribution in [0.5, 0.6) is 11.5 Å². The first-order valence-electron chi connectivity index (χ1n) is 3.42. The number of carbonyl (C=O) groups excluding carboxylic acids is 2. The van der Waals surface area contributed by atoms with Crippen molar-refractivity contribution in [1.29, 1.82) is 0 Å². The number of hydrogen-bond acceptors (Lipinski definition) is 6. The Bertz CT molecular complexity index is 375. The first kappa shape index (κ1) is 16.6. The van der Waals surface area contributed by atoms with Crippen LogP contribution in [0.2, 0.25) is 0 Å². The summed E-state index contributed by atoms with van der Waals surface area (Å²) in [4.78, 5) is 20.6. The molecule has 0 saturated heterocycles. The van der Waals surface area contributed by atoms with Gasteiger partial charge in [-0.25, -0.2) is 0 Å². The zero-order valence-corrected chi connectivity index (χ0v) is 8.49. The fourth-order valence-electron chi connectivity index (χ4n) is 0.904. The van der Waals surface area contributed by atoms with Crippen molar-refractivity contribution in [2.24, 2.45) is 0 Å². The molecule has 8 heteroatoms. The van der Waals surface area contributed by atoms with E-state index in [4.69, 9.17) is 10.2 Å². The quantitative estimate of drug-likeness (QED) is 0.432. The molecule has 0 aromatic heterocycles. The molecule has 0 fully saturated rings. The molecular formula is C8H6NiO7. The van der Waals surface area contributed by atoms with Gasteiger partial charge in [0, 0.05) is 11.1 Å². The number of aromatic hydroxyl groups is 2. The molecule has 0 amide bonds. The molecule has 0 aliphatic carbocycles. The maximum absolute atomic E-state index is 10.3. The summed E-state index contributed by atoms with van der Waals surface area (Å²) >= 11 is 0. The average molecular weight is 273 g/mol. The Balaban J connectivity index is 0. The Morgan fingerprint density at radius 1 is 0.938 bits per heavy atom. The molecule has 90 valence electrons. The molecular weight excluding hydrogens is 267 g/mol. The summed E-state index contributed by atoms with van der Waals surface area (Å²) in [5.41, 5.74) is -1.38. The van der Waals surface area contributed by atoms with Gasteiger partial charge in [-0.1, -0.05) is 0 Å². The van der Waals surface area contributed by atoms with Gasteiger partial charge in [0.05, 0.1) is 11.9 Å². The molecule has 0 aliphatic heterocycles. The van der Waals surface area contributed by atoms with Gasteiger partial charge in [0.15, 0.2) is 0 Å². The number of phenols is 2. The van der Waals surface area contributed by atoms with E-state index in [9.17, 15) is 19.8 Å². The smallest absolute Gasteiger partial charge is 0.545 e.